The molecule has 1 saturated carbocycles. The summed E-state index contributed by atoms with van der Waals surface area (Å²) in [4.78, 5) is 12.0. The van der Waals surface area contributed by atoms with E-state index in [0.29, 0.717) is 5.92 Å². The molecule has 1 aromatic carbocycles. The lowest BCUT2D eigenvalue weighted by molar-refractivity contribution is 0.0336. The van der Waals surface area contributed by atoms with Gasteiger partial charge in [-0.3, -0.25) is 14.3 Å². The Kier molecular flexibility index (Phi) is 4.15. The van der Waals surface area contributed by atoms with Crippen LogP contribution >= 0.6 is 11.6 Å². The van der Waals surface area contributed by atoms with Crippen LogP contribution < -0.4 is 0 Å². The van der Waals surface area contributed by atoms with Crippen molar-refractivity contribution in [2.24, 2.45) is 0 Å². The Labute approximate surface area is 157 Å². The lowest BCUT2D eigenvalue weighted by Gasteiger charge is -2.26. The number of benzene rings is 1. The Bertz CT molecular complexity index is 927. The molecule has 2 fully saturated rings. The summed E-state index contributed by atoms with van der Waals surface area (Å²) in [6.07, 6.45) is 6.59. The van der Waals surface area contributed by atoms with E-state index >= 15 is 0 Å². The molecule has 0 unspecified atom stereocenters. The standard InChI is InChI=1S/C20H21ClN4O/c21-16-5-3-15(4-6-16)20-18(13-24-7-9-26-10-8-24)25-12-17(14-1-2-14)22-11-19(25)23-20/h3-6,11-12,14H,1-2,7-10,13H2. The lowest BCUT2D eigenvalue weighted by atomic mass is 10.1. The Hall–Kier alpha value is -1.95. The van der Waals surface area contributed by atoms with Crippen LogP contribution in [0.2, 0.25) is 5.02 Å². The van der Waals surface area contributed by atoms with Gasteiger partial charge >= 0.3 is 0 Å². The first kappa shape index (κ1) is 16.2. The summed E-state index contributed by atoms with van der Waals surface area (Å²) < 4.78 is 7.74. The van der Waals surface area contributed by atoms with Crippen molar-refractivity contribution in [2.75, 3.05) is 26.3 Å². The zero-order valence-corrected chi connectivity index (χ0v) is 15.3. The normalized spacial score (nSPS) is 18.5. The van der Waals surface area contributed by atoms with Crippen LogP contribution in [0.1, 0.15) is 30.1 Å². The molecule has 134 valence electrons. The molecule has 2 aliphatic rings. The number of nitrogens with zero attached hydrogens (tertiary/aromatic N) is 4. The van der Waals surface area contributed by atoms with Crippen LogP contribution in [0.4, 0.5) is 0 Å². The maximum absolute atomic E-state index is 6.08. The monoisotopic (exact) mass is 368 g/mol. The molecule has 1 aliphatic carbocycles. The fourth-order valence-corrected chi connectivity index (χ4v) is 3.70. The van der Waals surface area contributed by atoms with E-state index in [-0.39, 0.29) is 0 Å². The van der Waals surface area contributed by atoms with Gasteiger partial charge in [-0.1, -0.05) is 23.7 Å². The van der Waals surface area contributed by atoms with Gasteiger partial charge in [0.1, 0.15) is 0 Å². The van der Waals surface area contributed by atoms with E-state index in [1.807, 2.05) is 30.5 Å². The number of ether oxygens (including phenoxy) is 1. The number of rotatable bonds is 4. The molecular weight excluding hydrogens is 348 g/mol. The quantitative estimate of drug-likeness (QED) is 0.703. The Morgan fingerprint density at radius 2 is 1.88 bits per heavy atom. The molecule has 0 N–H and O–H groups in total. The first-order chi connectivity index (χ1) is 12.8. The second-order valence-corrected chi connectivity index (χ2v) is 7.55. The minimum atomic E-state index is 0.622. The van der Waals surface area contributed by atoms with Gasteiger partial charge < -0.3 is 4.74 Å². The smallest absolute Gasteiger partial charge is 0.156 e. The van der Waals surface area contributed by atoms with E-state index in [2.05, 4.69) is 20.5 Å². The summed E-state index contributed by atoms with van der Waals surface area (Å²) in [5.74, 6) is 0.622. The largest absolute Gasteiger partial charge is 0.379 e. The van der Waals surface area contributed by atoms with Crippen molar-refractivity contribution in [1.29, 1.82) is 0 Å². The number of fused-ring (bicyclic) bond motifs is 1. The predicted molar refractivity (Wildman–Crippen MR) is 102 cm³/mol. The summed E-state index contributed by atoms with van der Waals surface area (Å²) in [7, 11) is 0. The summed E-state index contributed by atoms with van der Waals surface area (Å²) >= 11 is 6.08. The van der Waals surface area contributed by atoms with Gasteiger partial charge in [0.05, 0.1) is 36.5 Å². The van der Waals surface area contributed by atoms with Crippen molar-refractivity contribution in [3.8, 4) is 11.3 Å². The summed E-state index contributed by atoms with van der Waals surface area (Å²) in [5, 5.41) is 0.741. The highest BCUT2D eigenvalue weighted by atomic mass is 35.5. The highest BCUT2D eigenvalue weighted by Gasteiger charge is 2.26. The first-order valence-electron chi connectivity index (χ1n) is 9.21. The van der Waals surface area contributed by atoms with E-state index in [1.54, 1.807) is 0 Å². The number of halogens is 1. The number of hydrogen-bond donors (Lipinski definition) is 0. The molecule has 0 radical (unpaired) electrons. The Morgan fingerprint density at radius 1 is 1.12 bits per heavy atom. The third-order valence-electron chi connectivity index (χ3n) is 5.22. The van der Waals surface area contributed by atoms with E-state index in [9.17, 15) is 0 Å². The zero-order chi connectivity index (χ0) is 17.5. The molecule has 26 heavy (non-hydrogen) atoms. The number of hydrogen-bond acceptors (Lipinski definition) is 4. The fraction of sp³-hybridized carbons (Fsp3) is 0.400. The molecule has 6 heteroatoms. The van der Waals surface area contributed by atoms with Crippen molar-refractivity contribution in [2.45, 2.75) is 25.3 Å². The summed E-state index contributed by atoms with van der Waals surface area (Å²) in [5.41, 5.74) is 5.41. The third-order valence-corrected chi connectivity index (χ3v) is 5.47. The second kappa shape index (κ2) is 6.65. The maximum Gasteiger partial charge on any atom is 0.156 e. The van der Waals surface area contributed by atoms with Gasteiger partial charge in [-0.25, -0.2) is 4.98 Å². The van der Waals surface area contributed by atoms with E-state index < -0.39 is 0 Å². The minimum Gasteiger partial charge on any atom is -0.379 e. The lowest BCUT2D eigenvalue weighted by Crippen LogP contribution is -2.36. The van der Waals surface area contributed by atoms with E-state index in [4.69, 9.17) is 21.3 Å². The molecule has 5 rings (SSSR count). The van der Waals surface area contributed by atoms with Crippen LogP contribution in [0.15, 0.2) is 36.7 Å². The van der Waals surface area contributed by atoms with Crippen LogP contribution in [-0.2, 0) is 11.3 Å². The van der Waals surface area contributed by atoms with Crippen LogP contribution in [0.3, 0.4) is 0 Å². The number of aromatic nitrogens is 3. The summed E-state index contributed by atoms with van der Waals surface area (Å²) in [6.45, 7) is 4.35. The van der Waals surface area contributed by atoms with Crippen molar-refractivity contribution in [3.63, 3.8) is 0 Å². The van der Waals surface area contributed by atoms with Crippen molar-refractivity contribution in [1.82, 2.24) is 19.3 Å². The van der Waals surface area contributed by atoms with Crippen LogP contribution in [0.25, 0.3) is 16.9 Å². The number of imidazole rings is 1. The van der Waals surface area contributed by atoms with Gasteiger partial charge in [-0.15, -0.1) is 0 Å². The molecule has 0 spiro atoms. The molecule has 2 aromatic heterocycles. The second-order valence-electron chi connectivity index (χ2n) is 7.12. The van der Waals surface area contributed by atoms with Gasteiger partial charge in [0.2, 0.25) is 0 Å². The molecule has 1 saturated heterocycles. The number of morpholine rings is 1. The molecule has 3 aromatic rings. The van der Waals surface area contributed by atoms with Crippen molar-refractivity contribution < 1.29 is 4.74 Å². The minimum absolute atomic E-state index is 0.622. The predicted octanol–water partition coefficient (Wildman–Crippen LogP) is 3.76. The van der Waals surface area contributed by atoms with Crippen molar-refractivity contribution in [3.05, 3.63) is 53.1 Å². The molecule has 0 atom stereocenters. The van der Waals surface area contributed by atoms with E-state index in [0.717, 1.165) is 54.8 Å². The average Bonchev–Trinajstić information content (AvgIpc) is 3.47. The van der Waals surface area contributed by atoms with Crippen LogP contribution in [0, 0.1) is 0 Å². The molecule has 3 heterocycles. The Morgan fingerprint density at radius 3 is 2.62 bits per heavy atom. The topological polar surface area (TPSA) is 42.7 Å². The summed E-state index contributed by atoms with van der Waals surface area (Å²) in [6, 6.07) is 7.94. The van der Waals surface area contributed by atoms with Gasteiger partial charge in [0, 0.05) is 42.3 Å². The van der Waals surface area contributed by atoms with Crippen LogP contribution in [-0.4, -0.2) is 45.6 Å². The van der Waals surface area contributed by atoms with Gasteiger partial charge in [-0.05, 0) is 25.0 Å². The first-order valence-corrected chi connectivity index (χ1v) is 9.58. The molecule has 0 bridgehead atoms. The maximum atomic E-state index is 6.08. The van der Waals surface area contributed by atoms with E-state index in [1.165, 1.54) is 24.2 Å². The van der Waals surface area contributed by atoms with Crippen LogP contribution in [0.5, 0.6) is 0 Å². The zero-order valence-electron chi connectivity index (χ0n) is 14.6. The highest BCUT2D eigenvalue weighted by molar-refractivity contribution is 6.30. The van der Waals surface area contributed by atoms with Gasteiger partial charge in [-0.2, -0.15) is 0 Å². The van der Waals surface area contributed by atoms with Crippen molar-refractivity contribution >= 4 is 17.2 Å². The highest BCUT2D eigenvalue weighted by Crippen LogP contribution is 2.39. The Balaban J connectivity index is 1.61. The van der Waals surface area contributed by atoms with Gasteiger partial charge in [0.25, 0.3) is 0 Å². The third kappa shape index (κ3) is 3.11. The molecule has 1 aliphatic heterocycles. The fourth-order valence-electron chi connectivity index (χ4n) is 3.57. The molecule has 0 amide bonds. The van der Waals surface area contributed by atoms with Gasteiger partial charge in [0.15, 0.2) is 5.65 Å². The molecule has 5 nitrogen and oxygen atoms in total. The molecular formula is C20H21ClN4O. The SMILES string of the molecule is Clc1ccc(-c2nc3cnc(C4CC4)cn3c2CN2CCOCC2)cc1. The average molecular weight is 369 g/mol.